The Balaban J connectivity index is 2.29. The first-order chi connectivity index (χ1) is 8.20. The van der Waals surface area contributed by atoms with Crippen LogP contribution in [0, 0.1) is 13.8 Å². The largest absolute Gasteiger partial charge is 0.494 e. The highest BCUT2D eigenvalue weighted by Gasteiger charge is 2.05. The van der Waals surface area contributed by atoms with Crippen LogP contribution in [0.2, 0.25) is 0 Å². The van der Waals surface area contributed by atoms with Gasteiger partial charge in [0.2, 0.25) is 0 Å². The zero-order valence-electron chi connectivity index (χ0n) is 10.4. The molecule has 0 saturated heterocycles. The molecular formula is C15H17NO. The van der Waals surface area contributed by atoms with Gasteiger partial charge in [-0.2, -0.15) is 0 Å². The van der Waals surface area contributed by atoms with E-state index in [1.165, 1.54) is 5.56 Å². The highest BCUT2D eigenvalue weighted by molar-refractivity contribution is 5.68. The van der Waals surface area contributed by atoms with Gasteiger partial charge < -0.3 is 10.1 Å². The number of rotatable bonds is 3. The highest BCUT2D eigenvalue weighted by Crippen LogP contribution is 2.30. The average Bonchev–Trinajstić information content (AvgIpc) is 2.32. The van der Waals surface area contributed by atoms with Crippen LogP contribution in [0.1, 0.15) is 11.1 Å². The molecule has 0 radical (unpaired) electrons. The Morgan fingerprint density at radius 1 is 0.941 bits per heavy atom. The van der Waals surface area contributed by atoms with Crippen molar-refractivity contribution in [1.29, 1.82) is 0 Å². The molecule has 0 amide bonds. The maximum atomic E-state index is 5.41. The van der Waals surface area contributed by atoms with Crippen molar-refractivity contribution in [2.75, 3.05) is 12.4 Å². The molecule has 0 aromatic heterocycles. The molecule has 0 atom stereocenters. The van der Waals surface area contributed by atoms with Crippen LogP contribution in [0.4, 0.5) is 11.4 Å². The van der Waals surface area contributed by atoms with E-state index in [-0.39, 0.29) is 0 Å². The van der Waals surface area contributed by atoms with Gasteiger partial charge in [0.15, 0.2) is 0 Å². The van der Waals surface area contributed by atoms with Crippen LogP contribution in [0.25, 0.3) is 0 Å². The number of anilines is 2. The Hall–Kier alpha value is -1.96. The summed E-state index contributed by atoms with van der Waals surface area (Å²) in [5.74, 6) is 0.896. The molecular weight excluding hydrogens is 210 g/mol. The van der Waals surface area contributed by atoms with Gasteiger partial charge >= 0.3 is 0 Å². The molecule has 0 spiro atoms. The number of hydrogen-bond acceptors (Lipinski definition) is 2. The summed E-state index contributed by atoms with van der Waals surface area (Å²) in [5, 5.41) is 3.37. The van der Waals surface area contributed by atoms with E-state index in [2.05, 4.69) is 36.5 Å². The summed E-state index contributed by atoms with van der Waals surface area (Å²) in [6.07, 6.45) is 0. The molecule has 0 aliphatic carbocycles. The second-order valence-corrected chi connectivity index (χ2v) is 4.15. The molecule has 2 heteroatoms. The fraction of sp³-hybridized carbons (Fsp3) is 0.200. The Kier molecular flexibility index (Phi) is 3.33. The van der Waals surface area contributed by atoms with Gasteiger partial charge in [-0.25, -0.2) is 0 Å². The predicted octanol–water partition coefficient (Wildman–Crippen LogP) is 4.06. The summed E-state index contributed by atoms with van der Waals surface area (Å²) in [6.45, 7) is 4.12. The maximum absolute atomic E-state index is 5.41. The van der Waals surface area contributed by atoms with Crippen LogP contribution in [0.3, 0.4) is 0 Å². The third kappa shape index (κ3) is 2.59. The van der Waals surface area contributed by atoms with Gasteiger partial charge in [0.25, 0.3) is 0 Å². The van der Waals surface area contributed by atoms with Crippen molar-refractivity contribution in [1.82, 2.24) is 0 Å². The van der Waals surface area contributed by atoms with Crippen molar-refractivity contribution >= 4 is 11.4 Å². The van der Waals surface area contributed by atoms with E-state index < -0.39 is 0 Å². The van der Waals surface area contributed by atoms with Crippen molar-refractivity contribution in [2.45, 2.75) is 13.8 Å². The van der Waals surface area contributed by atoms with Crippen molar-refractivity contribution < 1.29 is 4.74 Å². The lowest BCUT2D eigenvalue weighted by Crippen LogP contribution is -1.96. The summed E-state index contributed by atoms with van der Waals surface area (Å²) in [5.41, 5.74) is 4.45. The third-order valence-electron chi connectivity index (χ3n) is 2.75. The molecule has 0 bridgehead atoms. The topological polar surface area (TPSA) is 21.3 Å². The first kappa shape index (κ1) is 11.5. The monoisotopic (exact) mass is 227 g/mol. The molecule has 0 aliphatic heterocycles. The molecule has 88 valence electrons. The van der Waals surface area contributed by atoms with Crippen LogP contribution < -0.4 is 10.1 Å². The van der Waals surface area contributed by atoms with Crippen molar-refractivity contribution in [2.24, 2.45) is 0 Å². The van der Waals surface area contributed by atoms with E-state index in [4.69, 9.17) is 4.74 Å². The first-order valence-electron chi connectivity index (χ1n) is 5.68. The van der Waals surface area contributed by atoms with Gasteiger partial charge in [-0.15, -0.1) is 0 Å². The van der Waals surface area contributed by atoms with Crippen molar-refractivity contribution in [3.05, 3.63) is 53.6 Å². The van der Waals surface area contributed by atoms with Crippen LogP contribution in [-0.2, 0) is 0 Å². The number of nitrogens with one attached hydrogen (secondary N) is 1. The summed E-state index contributed by atoms with van der Waals surface area (Å²) < 4.78 is 5.41. The number of hydrogen-bond donors (Lipinski definition) is 1. The number of ether oxygens (including phenoxy) is 1. The average molecular weight is 227 g/mol. The number of methoxy groups -OCH3 is 1. The SMILES string of the molecule is COc1c(C)cccc1Nc1ccc(C)cc1. The van der Waals surface area contributed by atoms with Crippen LogP contribution in [-0.4, -0.2) is 7.11 Å². The normalized spacial score (nSPS) is 10.1. The quantitative estimate of drug-likeness (QED) is 0.853. The second-order valence-electron chi connectivity index (χ2n) is 4.15. The summed E-state index contributed by atoms with van der Waals surface area (Å²) in [4.78, 5) is 0. The molecule has 0 saturated carbocycles. The summed E-state index contributed by atoms with van der Waals surface area (Å²) in [6, 6.07) is 14.4. The van der Waals surface area contributed by atoms with Gasteiger partial charge in [0.05, 0.1) is 12.8 Å². The summed E-state index contributed by atoms with van der Waals surface area (Å²) in [7, 11) is 1.70. The zero-order valence-corrected chi connectivity index (χ0v) is 10.4. The number of para-hydroxylation sites is 1. The second kappa shape index (κ2) is 4.91. The van der Waals surface area contributed by atoms with E-state index >= 15 is 0 Å². The molecule has 0 aliphatic rings. The molecule has 2 aromatic rings. The van der Waals surface area contributed by atoms with E-state index in [1.54, 1.807) is 7.11 Å². The molecule has 0 unspecified atom stereocenters. The summed E-state index contributed by atoms with van der Waals surface area (Å²) >= 11 is 0. The lowest BCUT2D eigenvalue weighted by atomic mass is 10.1. The van der Waals surface area contributed by atoms with Gasteiger partial charge in [-0.1, -0.05) is 29.8 Å². The smallest absolute Gasteiger partial charge is 0.145 e. The fourth-order valence-corrected chi connectivity index (χ4v) is 1.81. The van der Waals surface area contributed by atoms with E-state index in [9.17, 15) is 0 Å². The van der Waals surface area contributed by atoms with E-state index in [0.717, 1.165) is 22.7 Å². The van der Waals surface area contributed by atoms with E-state index in [0.29, 0.717) is 0 Å². The lowest BCUT2D eigenvalue weighted by Gasteiger charge is -2.13. The minimum absolute atomic E-state index is 0.896. The Morgan fingerprint density at radius 3 is 2.29 bits per heavy atom. The maximum Gasteiger partial charge on any atom is 0.145 e. The minimum atomic E-state index is 0.896. The van der Waals surface area contributed by atoms with Gasteiger partial charge in [0, 0.05) is 5.69 Å². The fourth-order valence-electron chi connectivity index (χ4n) is 1.81. The molecule has 2 aromatic carbocycles. The standard InChI is InChI=1S/C15H17NO/c1-11-7-9-13(10-8-11)16-14-6-4-5-12(2)15(14)17-3/h4-10,16H,1-3H3. The minimum Gasteiger partial charge on any atom is -0.494 e. The Morgan fingerprint density at radius 2 is 1.65 bits per heavy atom. The first-order valence-corrected chi connectivity index (χ1v) is 5.68. The van der Waals surface area contributed by atoms with Crippen molar-refractivity contribution in [3.63, 3.8) is 0 Å². The number of benzene rings is 2. The molecule has 2 rings (SSSR count). The van der Waals surface area contributed by atoms with Crippen LogP contribution >= 0.6 is 0 Å². The van der Waals surface area contributed by atoms with Gasteiger partial charge in [-0.3, -0.25) is 0 Å². The van der Waals surface area contributed by atoms with E-state index in [1.807, 2.05) is 25.1 Å². The number of aryl methyl sites for hydroxylation is 2. The van der Waals surface area contributed by atoms with Gasteiger partial charge in [0.1, 0.15) is 5.75 Å². The Bertz CT molecular complexity index is 503. The molecule has 0 heterocycles. The van der Waals surface area contributed by atoms with Crippen molar-refractivity contribution in [3.8, 4) is 5.75 Å². The van der Waals surface area contributed by atoms with Gasteiger partial charge in [-0.05, 0) is 37.6 Å². The molecule has 2 nitrogen and oxygen atoms in total. The van der Waals surface area contributed by atoms with Crippen LogP contribution in [0.15, 0.2) is 42.5 Å². The Labute approximate surface area is 102 Å². The highest BCUT2D eigenvalue weighted by atomic mass is 16.5. The van der Waals surface area contributed by atoms with Crippen LogP contribution in [0.5, 0.6) is 5.75 Å². The molecule has 1 N–H and O–H groups in total. The lowest BCUT2D eigenvalue weighted by molar-refractivity contribution is 0.414. The molecule has 0 fully saturated rings. The molecule has 17 heavy (non-hydrogen) atoms. The predicted molar refractivity (Wildman–Crippen MR) is 72.2 cm³/mol. The third-order valence-corrected chi connectivity index (χ3v) is 2.75. The zero-order chi connectivity index (χ0) is 12.3.